The molecule has 0 aliphatic heterocycles. The van der Waals surface area contributed by atoms with Crippen LogP contribution in [0.1, 0.15) is 18.0 Å². The van der Waals surface area contributed by atoms with Crippen LogP contribution >= 0.6 is 688 Å². The summed E-state index contributed by atoms with van der Waals surface area (Å²) in [4.78, 5) is 10.3. The summed E-state index contributed by atoms with van der Waals surface area (Å²) in [5, 5.41) is 8.45. The number of hydrogen-bond donors (Lipinski definition) is 2. The standard InChI is InChI=1S/C9H10FNO2.B8H95P85/c10-7-3-1-6(2-4-7)8(11)5-9(12)13;9-56-90(83(42)43)65(91(84(44)45)85(46)47)4(66(92(86(48)49)87(50)51)93(88(52)53)89(54)55)1(2(5(57(67(10)11)68(12)13)58(69(14)15)70(16)17)6(59(71(18)19)72(20)21)60(73(22)23)74(24)25)3(7(61(75(26)27)76(28)29)62(77(30)31)78(32)33)8(63(79(34)35)80(36)37)64(81(38)39)82(40)41/h1-4,8H,5,11H2,(H,12,13);56H,9-55H2. The number of carboxylic acids is 1. The summed E-state index contributed by atoms with van der Waals surface area (Å²) in [6.07, 6.45) is 1.42. The number of carboxylic acid groups (broad SMARTS) is 1. The molecular weight excluding hydrogens is 2890 g/mol. The van der Waals surface area contributed by atoms with Crippen molar-refractivity contribution in [3.63, 3.8) is 0 Å². The molecular formula is C9H105B8FNO2P85. The maximum Gasteiger partial charge on any atom is 0.305 e. The minimum Gasteiger partial charge on any atom is -0.481 e. The lowest BCUT2D eigenvalue weighted by atomic mass is 8.65. The lowest BCUT2D eigenvalue weighted by Crippen LogP contribution is -2.73. The monoisotopic (exact) mass is 3000 g/mol. The van der Waals surface area contributed by atoms with Crippen LogP contribution in [0.4, 0.5) is 4.39 Å². The Balaban J connectivity index is 0.00000758. The Morgan fingerprint density at radius 1 is 0.302 bits per heavy atom. The molecule has 1 aromatic rings. The van der Waals surface area contributed by atoms with Crippen LogP contribution in [0.15, 0.2) is 24.3 Å². The first-order valence-electron chi connectivity index (χ1n) is 26.5. The number of aliphatic carboxylic acids is 1. The highest BCUT2D eigenvalue weighted by atomic mass is 33.3. The third kappa shape index (κ3) is 50.0. The fourth-order valence-corrected chi connectivity index (χ4v) is 683. The first-order valence-corrected chi connectivity index (χ1v) is 174. The van der Waals surface area contributed by atoms with Crippen molar-refractivity contribution in [3.05, 3.63) is 35.6 Å². The molecule has 0 aliphatic carbocycles. The van der Waals surface area contributed by atoms with Crippen molar-refractivity contribution in [2.24, 2.45) is 5.73 Å². The average Bonchev–Trinajstić information content (AvgIpc) is 0.710. The topological polar surface area (TPSA) is 63.3 Å². The van der Waals surface area contributed by atoms with Crippen molar-refractivity contribution in [2.75, 3.05) is 0 Å². The van der Waals surface area contributed by atoms with Gasteiger partial charge in [0.2, 0.25) is 0 Å². The van der Waals surface area contributed by atoms with Crippen molar-refractivity contribution in [1.29, 1.82) is 0 Å². The first kappa shape index (κ1) is 142. The van der Waals surface area contributed by atoms with Crippen LogP contribution in [0.25, 0.3) is 0 Å². The summed E-state index contributed by atoms with van der Waals surface area (Å²) in [6, 6.07) is 7.97. The first-order chi connectivity index (χ1) is 48.4. The molecule has 106 heavy (non-hydrogen) atoms. The van der Waals surface area contributed by atoms with E-state index in [0.29, 0.717) is 54.9 Å². The van der Waals surface area contributed by atoms with Gasteiger partial charge in [-0.2, -0.15) is 0 Å². The van der Waals surface area contributed by atoms with E-state index in [1.807, 2.05) is 0 Å². The summed E-state index contributed by atoms with van der Waals surface area (Å²) in [6.45, 7) is -12.9. The van der Waals surface area contributed by atoms with Crippen LogP contribution in [0.5, 0.6) is 0 Å². The maximum absolute atomic E-state index is 12.5. The van der Waals surface area contributed by atoms with Crippen molar-refractivity contribution < 1.29 is 14.3 Å². The van der Waals surface area contributed by atoms with E-state index in [9.17, 15) is 9.18 Å². The Morgan fingerprint density at radius 2 is 0.481 bits per heavy atom. The van der Waals surface area contributed by atoms with E-state index in [4.69, 9.17) is 10.8 Å². The lowest BCUT2D eigenvalue weighted by molar-refractivity contribution is -0.137. The second kappa shape index (κ2) is 77.1. The van der Waals surface area contributed by atoms with Crippen LogP contribution < -0.4 is 5.73 Å². The molecule has 0 bridgehead atoms. The zero-order valence-corrected chi connectivity index (χ0v) is 144. The highest BCUT2D eigenvalue weighted by Gasteiger charge is 2.71. The van der Waals surface area contributed by atoms with Crippen LogP contribution in [-0.2, 0) is 4.79 Å². The van der Waals surface area contributed by atoms with Crippen molar-refractivity contribution in [2.45, 2.75) is 12.5 Å². The van der Waals surface area contributed by atoms with Crippen LogP contribution in [0.2, 0.25) is 0 Å². The number of halogens is 1. The molecule has 51 atom stereocenters. The zero-order chi connectivity index (χ0) is 83.5. The normalized spacial score (nSPS) is 14.4. The van der Waals surface area contributed by atoms with E-state index < -0.39 is 272 Å². The van der Waals surface area contributed by atoms with Crippen molar-refractivity contribution >= 4 is 743 Å². The molecule has 614 valence electrons. The zero-order valence-electron chi connectivity index (χ0n) is 55.7. The van der Waals surface area contributed by atoms with E-state index in [-0.39, 0.29) is 12.2 Å². The number of nitrogens with two attached hydrogens (primary N) is 1. The van der Waals surface area contributed by atoms with Gasteiger partial charge >= 0.3 is 5.97 Å². The smallest absolute Gasteiger partial charge is 0.305 e. The molecule has 3 nitrogen and oxygen atoms in total. The molecule has 0 fully saturated rings. The molecule has 1 rings (SSSR count). The lowest BCUT2D eigenvalue weighted by Gasteiger charge is -2.60. The van der Waals surface area contributed by atoms with Gasteiger partial charge in [-0.15, -0.1) is 420 Å². The Labute approximate surface area is 799 Å². The second-order valence-electron chi connectivity index (χ2n) is 19.7. The van der Waals surface area contributed by atoms with E-state index in [2.05, 4.69) is 420 Å². The minimum atomic E-state index is -0.961. The van der Waals surface area contributed by atoms with Crippen molar-refractivity contribution in [1.82, 2.24) is 0 Å². The van der Waals surface area contributed by atoms with E-state index in [1.165, 1.54) is 24.3 Å². The van der Waals surface area contributed by atoms with Gasteiger partial charge in [0, 0.05) is 12.4 Å². The largest absolute Gasteiger partial charge is 0.481 e. The van der Waals surface area contributed by atoms with Crippen LogP contribution in [-0.4, -0.2) is 60.4 Å². The van der Waals surface area contributed by atoms with Crippen molar-refractivity contribution in [3.8, 4) is 0 Å². The maximum atomic E-state index is 12.5. The van der Waals surface area contributed by atoms with Gasteiger partial charge in [-0.05, 0) is 206 Å². The second-order valence-corrected chi connectivity index (χ2v) is 328. The number of rotatable bonds is 48. The molecule has 0 amide bonds. The van der Waals surface area contributed by atoms with Gasteiger partial charge in [-0.25, -0.2) is 4.39 Å². The molecule has 3 N–H and O–H groups in total. The highest BCUT2D eigenvalue weighted by molar-refractivity contribution is 9.35. The number of carbonyl (C=O) groups is 1. The van der Waals surface area contributed by atoms with Gasteiger partial charge in [0.25, 0.3) is 0 Å². The van der Waals surface area contributed by atoms with E-state index >= 15 is 0 Å². The Kier molecular flexibility index (Phi) is 103. The molecule has 0 heterocycles. The van der Waals surface area contributed by atoms with E-state index in [1.54, 1.807) is 0 Å². The average molecular weight is 3000 g/mol. The SMILES string of the molecule is NC(CC(=O)O)c1ccc(F)cc1.PPP(P(P)P)P(B(B(B(B(P(P(P)P)P(P)P)P(P(P)P)P(P)P)B(P(P(P)P)P(P)P)P(P(P)P)P(P)P)B(B(P(P(P)P)P(P)P)P(P(P)P)P(P)P)B(P(P(P)P)P(P)P)P(P(P)P)P(P)P)P(P(P(P)P)P(P)P)P(P(P)P)P(P)P)P(P(P)P)P(P)P. The summed E-state index contributed by atoms with van der Waals surface area (Å²) in [5.74, 6) is -1.32. The fourth-order valence-electron chi connectivity index (χ4n) is 9.72. The van der Waals surface area contributed by atoms with Crippen LogP contribution in [0.3, 0.4) is 0 Å². The highest BCUT2D eigenvalue weighted by Crippen LogP contribution is 3.28. The molecule has 0 saturated carbocycles. The molecule has 0 aliphatic rings. The molecule has 0 aromatic heterocycles. The molecule has 97 heteroatoms. The third-order valence-corrected chi connectivity index (χ3v) is 404. The molecule has 0 spiro atoms. The summed E-state index contributed by atoms with van der Waals surface area (Å²) in [7, 11) is 170. The summed E-state index contributed by atoms with van der Waals surface area (Å²) >= 11 is 0. The Bertz CT molecular complexity index is 2140. The molecule has 0 radical (unpaired) electrons. The summed E-state index contributed by atoms with van der Waals surface area (Å²) < 4.78 is 12.5. The van der Waals surface area contributed by atoms with Crippen LogP contribution in [0, 0.1) is 5.82 Å². The predicted molar refractivity (Wildman–Crippen MR) is 812 cm³/mol. The van der Waals surface area contributed by atoms with Gasteiger partial charge < -0.3 is 10.8 Å². The quantitative estimate of drug-likeness (QED) is 0.0505. The van der Waals surface area contributed by atoms with Gasteiger partial charge in [0.05, 0.1) is 19.2 Å². The van der Waals surface area contributed by atoms with Gasteiger partial charge in [-0.1, -0.05) is 91.9 Å². The minimum absolute atomic E-state index is 0.147. The molecule has 0 saturated heterocycles. The van der Waals surface area contributed by atoms with Gasteiger partial charge in [-0.3, -0.25) is 4.79 Å². The predicted octanol–water partition coefficient (Wildman–Crippen LogP) is 46.0. The molecule has 1 aromatic carbocycles. The fraction of sp³-hybridized carbons (Fsp3) is 0.222. The third-order valence-electron chi connectivity index (χ3n) is 12.8. The summed E-state index contributed by atoms with van der Waals surface area (Å²) in [5.41, 5.74) is 6.17. The number of hydrogen-bond acceptors (Lipinski definition) is 2. The van der Waals surface area contributed by atoms with E-state index in [0.717, 1.165) is 7.96 Å². The van der Waals surface area contributed by atoms with Gasteiger partial charge in [0.1, 0.15) is 5.82 Å². The molecule has 51 unspecified atom stereocenters. The Morgan fingerprint density at radius 3 is 0.632 bits per heavy atom. The number of benzene rings is 1. The Hall–Kier alpha value is 35.6. The van der Waals surface area contributed by atoms with Gasteiger partial charge in [0.15, 0.2) is 30.2 Å².